The number of thiophene rings is 2. The van der Waals surface area contributed by atoms with Crippen LogP contribution >= 0.6 is 22.7 Å². The van der Waals surface area contributed by atoms with Crippen molar-refractivity contribution in [1.82, 2.24) is 0 Å². The molecular formula is C32H18FNS2. The SMILES string of the molecule is Fc1ccc2ccc3c(N(c4ccc5sccc5c4)c4ccc5sccc5c4)ccc4ccc1c2c43. The van der Waals surface area contributed by atoms with Crippen LogP contribution in [0.5, 0.6) is 0 Å². The molecule has 0 amide bonds. The molecule has 0 atom stereocenters. The van der Waals surface area contributed by atoms with Gasteiger partial charge < -0.3 is 4.90 Å². The Labute approximate surface area is 214 Å². The predicted octanol–water partition coefficient (Wildman–Crippen LogP) is 10.6. The molecule has 36 heavy (non-hydrogen) atoms. The zero-order valence-electron chi connectivity index (χ0n) is 19.0. The molecule has 8 rings (SSSR count). The molecule has 0 saturated heterocycles. The summed E-state index contributed by atoms with van der Waals surface area (Å²) in [7, 11) is 0. The highest BCUT2D eigenvalue weighted by atomic mass is 32.1. The normalized spacial score (nSPS) is 12.0. The molecule has 0 aliphatic rings. The van der Waals surface area contributed by atoms with Crippen molar-refractivity contribution in [2.75, 3.05) is 4.90 Å². The van der Waals surface area contributed by atoms with E-state index in [0.29, 0.717) is 5.39 Å². The Balaban J connectivity index is 1.47. The van der Waals surface area contributed by atoms with Gasteiger partial charge in [0.1, 0.15) is 5.82 Å². The van der Waals surface area contributed by atoms with E-state index in [1.54, 1.807) is 28.7 Å². The van der Waals surface area contributed by atoms with E-state index in [0.717, 1.165) is 44.0 Å². The lowest BCUT2D eigenvalue weighted by atomic mass is 9.92. The molecule has 4 heteroatoms. The van der Waals surface area contributed by atoms with Crippen LogP contribution in [-0.2, 0) is 0 Å². The van der Waals surface area contributed by atoms with Crippen LogP contribution in [0.2, 0.25) is 0 Å². The summed E-state index contributed by atoms with van der Waals surface area (Å²) in [5.74, 6) is -0.176. The average Bonchev–Trinajstić information content (AvgIpc) is 3.58. The fourth-order valence-corrected chi connectivity index (χ4v) is 7.10. The molecule has 0 aliphatic heterocycles. The lowest BCUT2D eigenvalue weighted by molar-refractivity contribution is 0.640. The molecule has 0 unspecified atom stereocenters. The summed E-state index contributed by atoms with van der Waals surface area (Å²) < 4.78 is 17.4. The smallest absolute Gasteiger partial charge is 0.131 e. The Morgan fingerprint density at radius 2 is 1.06 bits per heavy atom. The third-order valence-electron chi connectivity index (χ3n) is 7.22. The van der Waals surface area contributed by atoms with Gasteiger partial charge in [0.15, 0.2) is 0 Å². The zero-order valence-corrected chi connectivity index (χ0v) is 20.7. The lowest BCUT2D eigenvalue weighted by Gasteiger charge is -2.28. The van der Waals surface area contributed by atoms with Gasteiger partial charge in [0.25, 0.3) is 0 Å². The lowest BCUT2D eigenvalue weighted by Crippen LogP contribution is -2.10. The summed E-state index contributed by atoms with van der Waals surface area (Å²) in [4.78, 5) is 2.34. The first-order valence-corrected chi connectivity index (χ1v) is 13.6. The molecule has 170 valence electrons. The van der Waals surface area contributed by atoms with Gasteiger partial charge in [-0.25, -0.2) is 4.39 Å². The first-order chi connectivity index (χ1) is 17.7. The van der Waals surface area contributed by atoms with E-state index in [1.165, 1.54) is 20.2 Å². The number of nitrogens with zero attached hydrogens (tertiary/aromatic N) is 1. The molecule has 0 spiro atoms. The molecule has 0 aliphatic carbocycles. The number of anilines is 3. The second-order valence-electron chi connectivity index (χ2n) is 9.18. The molecule has 1 nitrogen and oxygen atoms in total. The van der Waals surface area contributed by atoms with Crippen molar-refractivity contribution in [3.05, 3.63) is 114 Å². The van der Waals surface area contributed by atoms with Gasteiger partial charge in [-0.05, 0) is 98.4 Å². The Hall–Kier alpha value is -3.99. The van der Waals surface area contributed by atoms with Crippen molar-refractivity contribution in [2.45, 2.75) is 0 Å². The molecule has 6 aromatic carbocycles. The van der Waals surface area contributed by atoms with Gasteiger partial charge in [0.05, 0.1) is 5.69 Å². The Morgan fingerprint density at radius 1 is 0.500 bits per heavy atom. The molecule has 0 fully saturated rings. The van der Waals surface area contributed by atoms with Gasteiger partial charge in [-0.2, -0.15) is 0 Å². The van der Waals surface area contributed by atoms with Crippen LogP contribution in [0.3, 0.4) is 0 Å². The number of halogens is 1. The zero-order chi connectivity index (χ0) is 23.8. The fraction of sp³-hybridized carbons (Fsp3) is 0. The summed E-state index contributed by atoms with van der Waals surface area (Å²) in [6.07, 6.45) is 0. The molecule has 0 radical (unpaired) electrons. The van der Waals surface area contributed by atoms with Crippen molar-refractivity contribution in [2.24, 2.45) is 0 Å². The maximum absolute atomic E-state index is 14.8. The van der Waals surface area contributed by atoms with E-state index in [9.17, 15) is 4.39 Å². The van der Waals surface area contributed by atoms with E-state index in [1.807, 2.05) is 18.2 Å². The largest absolute Gasteiger partial charge is 0.310 e. The Bertz CT molecular complexity index is 2010. The van der Waals surface area contributed by atoms with Gasteiger partial charge in [-0.15, -0.1) is 22.7 Å². The Morgan fingerprint density at radius 3 is 1.72 bits per heavy atom. The van der Waals surface area contributed by atoms with Crippen LogP contribution in [0, 0.1) is 5.82 Å². The quantitative estimate of drug-likeness (QED) is 0.219. The molecule has 2 heterocycles. The van der Waals surface area contributed by atoms with E-state index in [4.69, 9.17) is 0 Å². The number of fused-ring (bicyclic) bond motifs is 2. The number of benzene rings is 6. The molecule has 0 bridgehead atoms. The van der Waals surface area contributed by atoms with Gasteiger partial charge in [0, 0.05) is 36.9 Å². The van der Waals surface area contributed by atoms with Crippen molar-refractivity contribution < 1.29 is 4.39 Å². The second kappa shape index (κ2) is 7.50. The van der Waals surface area contributed by atoms with Crippen molar-refractivity contribution in [3.63, 3.8) is 0 Å². The molecule has 0 saturated carbocycles. The van der Waals surface area contributed by atoms with Gasteiger partial charge in [0.2, 0.25) is 0 Å². The standard InChI is InChI=1S/C32H18FNS2/c33-27-9-3-19-2-8-26-28(10-4-20-1-7-25(27)31(19)32(20)26)34(23-5-11-29-21(17-23)13-15-35-29)24-6-12-30-22(18-24)14-16-36-30/h1-18H. The predicted molar refractivity (Wildman–Crippen MR) is 156 cm³/mol. The summed E-state index contributed by atoms with van der Waals surface area (Å²) in [5.41, 5.74) is 3.30. The topological polar surface area (TPSA) is 3.24 Å². The van der Waals surface area contributed by atoms with E-state index < -0.39 is 0 Å². The van der Waals surface area contributed by atoms with E-state index >= 15 is 0 Å². The van der Waals surface area contributed by atoms with Crippen molar-refractivity contribution in [1.29, 1.82) is 0 Å². The highest BCUT2D eigenvalue weighted by molar-refractivity contribution is 7.17. The monoisotopic (exact) mass is 499 g/mol. The minimum atomic E-state index is -0.176. The fourth-order valence-electron chi connectivity index (χ4n) is 5.56. The van der Waals surface area contributed by atoms with Gasteiger partial charge in [-0.3, -0.25) is 0 Å². The van der Waals surface area contributed by atoms with Crippen molar-refractivity contribution in [3.8, 4) is 0 Å². The van der Waals surface area contributed by atoms with Gasteiger partial charge >= 0.3 is 0 Å². The van der Waals surface area contributed by atoms with Gasteiger partial charge in [-0.1, -0.05) is 36.4 Å². The number of hydrogen-bond donors (Lipinski definition) is 0. The number of rotatable bonds is 3. The van der Waals surface area contributed by atoms with Crippen molar-refractivity contribution >= 4 is 92.2 Å². The third-order valence-corrected chi connectivity index (χ3v) is 9.01. The van der Waals surface area contributed by atoms with Crippen LogP contribution in [-0.4, -0.2) is 0 Å². The van der Waals surface area contributed by atoms with E-state index in [2.05, 4.69) is 88.5 Å². The molecule has 2 aromatic heterocycles. The maximum Gasteiger partial charge on any atom is 0.131 e. The number of hydrogen-bond acceptors (Lipinski definition) is 3. The van der Waals surface area contributed by atoms with Crippen LogP contribution < -0.4 is 4.90 Å². The Kier molecular flexibility index (Phi) is 4.22. The minimum absolute atomic E-state index is 0.176. The minimum Gasteiger partial charge on any atom is -0.310 e. The summed E-state index contributed by atoms with van der Waals surface area (Å²) in [6.45, 7) is 0. The summed E-state index contributed by atoms with van der Waals surface area (Å²) >= 11 is 3.52. The molecule has 8 aromatic rings. The summed E-state index contributed by atoms with van der Waals surface area (Å²) in [6, 6.07) is 33.8. The first kappa shape index (κ1) is 20.2. The highest BCUT2D eigenvalue weighted by Gasteiger charge is 2.19. The van der Waals surface area contributed by atoms with Crippen LogP contribution in [0.25, 0.3) is 52.5 Å². The highest BCUT2D eigenvalue weighted by Crippen LogP contribution is 2.45. The van der Waals surface area contributed by atoms with Crippen LogP contribution in [0.15, 0.2) is 108 Å². The first-order valence-electron chi connectivity index (χ1n) is 11.9. The maximum atomic E-state index is 14.8. The third kappa shape index (κ3) is 2.86. The van der Waals surface area contributed by atoms with Crippen LogP contribution in [0.4, 0.5) is 21.5 Å². The molecular weight excluding hydrogens is 481 g/mol. The molecule has 0 N–H and O–H groups in total. The summed E-state index contributed by atoms with van der Waals surface area (Å²) in [5, 5.41) is 12.8. The second-order valence-corrected chi connectivity index (χ2v) is 11.1. The average molecular weight is 500 g/mol. The van der Waals surface area contributed by atoms with Crippen LogP contribution in [0.1, 0.15) is 0 Å². The van der Waals surface area contributed by atoms with E-state index in [-0.39, 0.29) is 5.82 Å².